The average Bonchev–Trinajstić information content (AvgIpc) is 3.70. The van der Waals surface area contributed by atoms with Crippen LogP contribution in [0.5, 0.6) is 5.75 Å². The predicted octanol–water partition coefficient (Wildman–Crippen LogP) is 4.23. The third kappa shape index (κ3) is 6.08. The summed E-state index contributed by atoms with van der Waals surface area (Å²) < 4.78 is 27.4. The number of fused-ring (bicyclic) bond motifs is 2. The van der Waals surface area contributed by atoms with Crippen LogP contribution in [0.2, 0.25) is 0 Å². The van der Waals surface area contributed by atoms with Crippen LogP contribution in [0.3, 0.4) is 0 Å². The first-order chi connectivity index (χ1) is 20.9. The van der Waals surface area contributed by atoms with E-state index in [9.17, 15) is 14.7 Å². The van der Waals surface area contributed by atoms with Gasteiger partial charge in [-0.2, -0.15) is 0 Å². The van der Waals surface area contributed by atoms with E-state index in [0.29, 0.717) is 22.2 Å². The summed E-state index contributed by atoms with van der Waals surface area (Å²) in [6, 6.07) is 14.0. The maximum absolute atomic E-state index is 12.1. The van der Waals surface area contributed by atoms with E-state index in [2.05, 4.69) is 41.5 Å². The van der Waals surface area contributed by atoms with Crippen LogP contribution in [0.1, 0.15) is 29.1 Å². The predicted molar refractivity (Wildman–Crippen MR) is 158 cm³/mol. The van der Waals surface area contributed by atoms with E-state index in [1.165, 1.54) is 12.4 Å². The van der Waals surface area contributed by atoms with Crippen molar-refractivity contribution in [2.75, 3.05) is 18.5 Å². The number of amides is 2. The number of nitrogens with zero attached hydrogens (tertiary/aromatic N) is 4. The van der Waals surface area contributed by atoms with Crippen LogP contribution in [-0.2, 0) is 14.2 Å². The second-order valence-electron chi connectivity index (χ2n) is 9.69. The number of aromatic nitrogens is 4. The van der Waals surface area contributed by atoms with Gasteiger partial charge in [-0.25, -0.2) is 24.5 Å². The fourth-order valence-corrected chi connectivity index (χ4v) is 5.31. The zero-order valence-corrected chi connectivity index (χ0v) is 24.4. The highest BCUT2D eigenvalue weighted by atomic mass is 79.9. The van der Waals surface area contributed by atoms with Gasteiger partial charge in [0.1, 0.15) is 42.6 Å². The summed E-state index contributed by atoms with van der Waals surface area (Å²) in [5, 5.41) is 15.0. The summed E-state index contributed by atoms with van der Waals surface area (Å²) in [6.07, 6.45) is 3.40. The van der Waals surface area contributed by atoms with E-state index in [1.54, 1.807) is 23.0 Å². The lowest BCUT2D eigenvalue weighted by Gasteiger charge is -2.21. The zero-order chi connectivity index (χ0) is 29.9. The van der Waals surface area contributed by atoms with Crippen molar-refractivity contribution in [2.45, 2.75) is 37.8 Å². The van der Waals surface area contributed by atoms with Gasteiger partial charge in [0.2, 0.25) is 0 Å². The van der Waals surface area contributed by atoms with Gasteiger partial charge in [0.25, 0.3) is 0 Å². The lowest BCUT2D eigenvalue weighted by Crippen LogP contribution is -2.33. The first-order valence-electron chi connectivity index (χ1n) is 13.5. The Morgan fingerprint density at radius 3 is 2.70 bits per heavy atom. The number of anilines is 1. The number of ether oxygens (including phenoxy) is 4. The zero-order valence-electron chi connectivity index (χ0n) is 22.8. The molecule has 2 aliphatic rings. The molecule has 222 valence electrons. The van der Waals surface area contributed by atoms with Crippen LogP contribution in [0.4, 0.5) is 10.6 Å². The summed E-state index contributed by atoms with van der Waals surface area (Å²) in [7, 11) is 0. The second kappa shape index (κ2) is 12.5. The molecule has 5 atom stereocenters. The number of nitrogens with one attached hydrogen (secondary N) is 2. The number of benzene rings is 2. The van der Waals surface area contributed by atoms with E-state index in [-0.39, 0.29) is 23.7 Å². The van der Waals surface area contributed by atoms with E-state index in [4.69, 9.17) is 18.9 Å². The maximum atomic E-state index is 12.1. The molecule has 6 rings (SSSR count). The summed E-state index contributed by atoms with van der Waals surface area (Å²) in [6.45, 7) is 2.24. The second-order valence-corrected chi connectivity index (χ2v) is 10.6. The van der Waals surface area contributed by atoms with Gasteiger partial charge in [-0.15, -0.1) is 0 Å². The number of urea groups is 1. The number of carboxylic acid groups (broad SMARTS) is 1. The minimum atomic E-state index is -1.11. The lowest BCUT2D eigenvalue weighted by molar-refractivity contribution is -0.131. The fraction of sp³-hybridized carbons (Fsp3) is 0.276. The summed E-state index contributed by atoms with van der Waals surface area (Å²) in [5.41, 5.74) is 1.79. The van der Waals surface area contributed by atoms with Crippen molar-refractivity contribution in [3.63, 3.8) is 0 Å². The van der Waals surface area contributed by atoms with Crippen LogP contribution in [0.15, 0.2) is 71.7 Å². The molecule has 4 heterocycles. The quantitative estimate of drug-likeness (QED) is 0.239. The topological polar surface area (TPSA) is 159 Å². The molecule has 2 aromatic carbocycles. The number of carbonyl (C=O) groups is 2. The standard InChI is InChI=1S/C29H27BrN6O7/c1-2-31-29(39)35-25-22-26(33-14-32-25)36(15-34-22)27-24-23(42-21(43-24)11-8-16-6-4-3-5-7-16)20(41-27)13-40-19-12-17(30)9-10-18(19)28(37)38/h3-12,14-15,20-21,23-24,27H,2,13H2,1H3,(H,37,38)(H2,31,32,33,35,39)/b11-8+/t20?,21-,23?,24?,27?/m0/s1. The Morgan fingerprint density at radius 2 is 1.91 bits per heavy atom. The molecule has 2 saturated heterocycles. The maximum Gasteiger partial charge on any atom is 0.339 e. The van der Waals surface area contributed by atoms with Crippen molar-refractivity contribution in [3.8, 4) is 5.75 Å². The molecule has 0 radical (unpaired) electrons. The van der Waals surface area contributed by atoms with E-state index in [1.807, 2.05) is 49.4 Å². The molecule has 43 heavy (non-hydrogen) atoms. The molecule has 2 aromatic heterocycles. The molecule has 0 aliphatic carbocycles. The minimum Gasteiger partial charge on any atom is -0.490 e. The SMILES string of the molecule is CCNC(=O)Nc1ncnc2c1ncn2C1OC(COc2cc(Br)ccc2C(=O)O)C2O[C@H](/C=C/c3ccccc3)OC21. The molecule has 2 amide bonds. The number of imidazole rings is 1. The number of hydrogen-bond donors (Lipinski definition) is 3. The monoisotopic (exact) mass is 650 g/mol. The van der Waals surface area contributed by atoms with Crippen molar-refractivity contribution < 1.29 is 33.6 Å². The fourth-order valence-electron chi connectivity index (χ4n) is 4.97. The Balaban J connectivity index is 1.28. The third-order valence-corrected chi connectivity index (χ3v) is 7.39. The highest BCUT2D eigenvalue weighted by Gasteiger charge is 2.53. The van der Waals surface area contributed by atoms with Crippen LogP contribution >= 0.6 is 15.9 Å². The normalized spacial score (nSPS) is 23.0. The molecule has 2 aliphatic heterocycles. The van der Waals surface area contributed by atoms with Crippen molar-refractivity contribution >= 4 is 51.0 Å². The van der Waals surface area contributed by atoms with Gasteiger partial charge in [-0.1, -0.05) is 52.3 Å². The lowest BCUT2D eigenvalue weighted by atomic mass is 10.1. The number of hydrogen-bond acceptors (Lipinski definition) is 9. The van der Waals surface area contributed by atoms with E-state index >= 15 is 0 Å². The molecule has 4 unspecified atom stereocenters. The van der Waals surface area contributed by atoms with Gasteiger partial charge in [-0.3, -0.25) is 9.88 Å². The van der Waals surface area contributed by atoms with Gasteiger partial charge in [0, 0.05) is 11.0 Å². The highest BCUT2D eigenvalue weighted by Crippen LogP contribution is 2.41. The number of rotatable bonds is 9. The Kier molecular flexibility index (Phi) is 8.33. The van der Waals surface area contributed by atoms with Crippen molar-refractivity contribution in [1.29, 1.82) is 0 Å². The summed E-state index contributed by atoms with van der Waals surface area (Å²) in [5.74, 6) is -0.683. The first-order valence-corrected chi connectivity index (χ1v) is 14.3. The minimum absolute atomic E-state index is 0.0154. The summed E-state index contributed by atoms with van der Waals surface area (Å²) in [4.78, 5) is 36.9. The molecular formula is C29H27BrN6O7. The molecular weight excluding hydrogens is 624 g/mol. The van der Waals surface area contributed by atoms with Crippen LogP contribution in [0, 0.1) is 0 Å². The van der Waals surface area contributed by atoms with Crippen LogP contribution in [-0.4, -0.2) is 74.4 Å². The van der Waals surface area contributed by atoms with Gasteiger partial charge in [-0.05, 0) is 36.8 Å². The van der Waals surface area contributed by atoms with Gasteiger partial charge in [0.15, 0.2) is 29.5 Å². The average molecular weight is 651 g/mol. The first kappa shape index (κ1) is 28.7. The van der Waals surface area contributed by atoms with E-state index < -0.39 is 42.8 Å². The number of halogens is 1. The van der Waals surface area contributed by atoms with Gasteiger partial charge < -0.3 is 29.4 Å². The van der Waals surface area contributed by atoms with Crippen molar-refractivity contribution in [3.05, 3.63) is 82.9 Å². The van der Waals surface area contributed by atoms with Crippen molar-refractivity contribution in [1.82, 2.24) is 24.8 Å². The Labute approximate surface area is 254 Å². The number of carboxylic acids is 1. The molecule has 2 fully saturated rings. The highest BCUT2D eigenvalue weighted by molar-refractivity contribution is 9.10. The summed E-state index contributed by atoms with van der Waals surface area (Å²) >= 11 is 3.37. The Hall–Kier alpha value is -4.37. The third-order valence-electron chi connectivity index (χ3n) is 6.89. The smallest absolute Gasteiger partial charge is 0.339 e. The molecule has 0 spiro atoms. The molecule has 14 heteroatoms. The van der Waals surface area contributed by atoms with Crippen molar-refractivity contribution in [2.24, 2.45) is 0 Å². The van der Waals surface area contributed by atoms with Gasteiger partial charge >= 0.3 is 12.0 Å². The number of carbonyl (C=O) groups excluding carboxylic acids is 1. The number of aromatic carboxylic acids is 1. The Morgan fingerprint density at radius 1 is 1.09 bits per heavy atom. The Bertz CT molecular complexity index is 1670. The molecule has 0 saturated carbocycles. The molecule has 3 N–H and O–H groups in total. The molecule has 13 nitrogen and oxygen atoms in total. The van der Waals surface area contributed by atoms with Gasteiger partial charge in [0.05, 0.1) is 6.33 Å². The van der Waals surface area contributed by atoms with E-state index in [0.717, 1.165) is 5.56 Å². The van der Waals surface area contributed by atoms with Crippen LogP contribution in [0.25, 0.3) is 17.2 Å². The molecule has 0 bridgehead atoms. The van der Waals surface area contributed by atoms with Crippen LogP contribution < -0.4 is 15.4 Å². The molecule has 4 aromatic rings. The largest absolute Gasteiger partial charge is 0.490 e.